The first-order valence-electron chi connectivity index (χ1n) is 9.91. The Morgan fingerprint density at radius 1 is 0.867 bits per heavy atom. The van der Waals surface area contributed by atoms with Crippen LogP contribution in [-0.2, 0) is 4.79 Å². The average molecular weight is 411 g/mol. The van der Waals surface area contributed by atoms with E-state index in [2.05, 4.69) is 21.3 Å². The van der Waals surface area contributed by atoms with Crippen LogP contribution in [0.5, 0.6) is 0 Å². The van der Waals surface area contributed by atoms with Crippen LogP contribution in [-0.4, -0.2) is 35.8 Å². The van der Waals surface area contributed by atoms with Gasteiger partial charge in [0.05, 0.1) is 6.54 Å². The lowest BCUT2D eigenvalue weighted by Gasteiger charge is -2.20. The predicted molar refractivity (Wildman–Crippen MR) is 120 cm³/mol. The fraction of sp³-hybridized carbons (Fsp3) is 0.348. The minimum Gasteiger partial charge on any atom is -0.376 e. The number of benzene rings is 2. The Hall–Kier alpha value is -3.35. The summed E-state index contributed by atoms with van der Waals surface area (Å²) < 4.78 is 0. The number of carbonyl (C=O) groups excluding carboxylic acids is 3. The molecule has 7 nitrogen and oxygen atoms in total. The molecule has 0 bridgehead atoms. The largest absolute Gasteiger partial charge is 0.376 e. The highest BCUT2D eigenvalue weighted by Crippen LogP contribution is 2.13. The molecule has 7 heteroatoms. The number of carbonyl (C=O) groups is 3. The fourth-order valence-corrected chi connectivity index (χ4v) is 2.62. The van der Waals surface area contributed by atoms with Gasteiger partial charge in [-0.05, 0) is 77.1 Å². The van der Waals surface area contributed by atoms with E-state index < -0.39 is 0 Å². The summed E-state index contributed by atoms with van der Waals surface area (Å²) in [5, 5.41) is 11.5. The Balaban J connectivity index is 1.90. The summed E-state index contributed by atoms with van der Waals surface area (Å²) in [6, 6.07) is 13.7. The third-order valence-corrected chi connectivity index (χ3v) is 3.92. The van der Waals surface area contributed by atoms with Crippen LogP contribution >= 0.6 is 0 Å². The molecule has 0 aromatic heterocycles. The van der Waals surface area contributed by atoms with Crippen molar-refractivity contribution in [2.75, 3.05) is 17.2 Å². The molecule has 0 atom stereocenters. The molecule has 0 spiro atoms. The van der Waals surface area contributed by atoms with Gasteiger partial charge < -0.3 is 21.3 Å². The second-order valence-electron chi connectivity index (χ2n) is 8.39. The van der Waals surface area contributed by atoms with E-state index in [1.54, 1.807) is 48.5 Å². The first kappa shape index (κ1) is 22.9. The molecule has 0 saturated heterocycles. The minimum atomic E-state index is -0.328. The number of amides is 3. The molecule has 3 amide bonds. The maximum atomic E-state index is 12.3. The molecule has 160 valence electrons. The second kappa shape index (κ2) is 9.91. The molecule has 0 aliphatic rings. The summed E-state index contributed by atoms with van der Waals surface area (Å²) in [6.45, 7) is 9.58. The lowest BCUT2D eigenvalue weighted by Crippen LogP contribution is -2.40. The third-order valence-electron chi connectivity index (χ3n) is 3.92. The molecule has 0 radical (unpaired) electrons. The highest BCUT2D eigenvalue weighted by atomic mass is 16.2. The molecule has 0 heterocycles. The van der Waals surface area contributed by atoms with Gasteiger partial charge >= 0.3 is 0 Å². The van der Waals surface area contributed by atoms with Crippen LogP contribution in [0.2, 0.25) is 0 Å². The van der Waals surface area contributed by atoms with Crippen LogP contribution in [0.3, 0.4) is 0 Å². The van der Waals surface area contributed by atoms with Crippen molar-refractivity contribution < 1.29 is 14.4 Å². The number of hydrogen-bond acceptors (Lipinski definition) is 4. The zero-order chi connectivity index (χ0) is 22.3. The molecular formula is C23H30N4O3. The summed E-state index contributed by atoms with van der Waals surface area (Å²) in [7, 11) is 0. The topological polar surface area (TPSA) is 99.3 Å². The first-order valence-corrected chi connectivity index (χ1v) is 9.91. The molecule has 2 aromatic rings. The van der Waals surface area contributed by atoms with Crippen LogP contribution in [0.25, 0.3) is 0 Å². The van der Waals surface area contributed by atoms with E-state index in [0.29, 0.717) is 22.5 Å². The normalized spacial score (nSPS) is 11.0. The van der Waals surface area contributed by atoms with Crippen molar-refractivity contribution in [3.8, 4) is 0 Å². The Kier molecular flexibility index (Phi) is 7.58. The maximum Gasteiger partial charge on any atom is 0.251 e. The van der Waals surface area contributed by atoms with Gasteiger partial charge in [-0.25, -0.2) is 0 Å². The molecule has 0 unspecified atom stereocenters. The quantitative estimate of drug-likeness (QED) is 0.562. The number of anilines is 2. The molecule has 0 saturated carbocycles. The Morgan fingerprint density at radius 3 is 2.13 bits per heavy atom. The standard InChI is InChI=1S/C23H30N4O3/c1-15(2)25-21(29)16-9-11-18(12-10-16)26-20(28)14-24-19-8-6-7-17(13-19)22(30)27-23(3,4)5/h6-13,15,24H,14H2,1-5H3,(H,25,29)(H,26,28)(H,27,30). The van der Waals surface area contributed by atoms with Crippen LogP contribution in [0.15, 0.2) is 48.5 Å². The van der Waals surface area contributed by atoms with E-state index in [1.807, 2.05) is 34.6 Å². The molecule has 0 aliphatic heterocycles. The van der Waals surface area contributed by atoms with E-state index in [4.69, 9.17) is 0 Å². The van der Waals surface area contributed by atoms with Crippen LogP contribution in [0.4, 0.5) is 11.4 Å². The molecule has 2 rings (SSSR count). The molecule has 4 N–H and O–H groups in total. The van der Waals surface area contributed by atoms with Gasteiger partial charge in [-0.3, -0.25) is 14.4 Å². The summed E-state index contributed by atoms with van der Waals surface area (Å²) in [4.78, 5) is 36.5. The van der Waals surface area contributed by atoms with E-state index in [9.17, 15) is 14.4 Å². The van der Waals surface area contributed by atoms with Crippen LogP contribution in [0.1, 0.15) is 55.3 Å². The fourth-order valence-electron chi connectivity index (χ4n) is 2.62. The van der Waals surface area contributed by atoms with Gasteiger partial charge in [0.25, 0.3) is 11.8 Å². The van der Waals surface area contributed by atoms with Gasteiger partial charge in [-0.15, -0.1) is 0 Å². The molecule has 2 aromatic carbocycles. The van der Waals surface area contributed by atoms with Crippen molar-refractivity contribution in [3.63, 3.8) is 0 Å². The lowest BCUT2D eigenvalue weighted by molar-refractivity contribution is -0.114. The first-order chi connectivity index (χ1) is 14.0. The van der Waals surface area contributed by atoms with Crippen molar-refractivity contribution in [2.45, 2.75) is 46.2 Å². The Labute approximate surface area is 177 Å². The smallest absolute Gasteiger partial charge is 0.251 e. The van der Waals surface area contributed by atoms with Crippen molar-refractivity contribution in [3.05, 3.63) is 59.7 Å². The van der Waals surface area contributed by atoms with Crippen molar-refractivity contribution in [2.24, 2.45) is 0 Å². The van der Waals surface area contributed by atoms with Gasteiger partial charge in [-0.2, -0.15) is 0 Å². The van der Waals surface area contributed by atoms with Gasteiger partial charge in [0.2, 0.25) is 5.91 Å². The molecule has 30 heavy (non-hydrogen) atoms. The Bertz CT molecular complexity index is 899. The SMILES string of the molecule is CC(C)NC(=O)c1ccc(NC(=O)CNc2cccc(C(=O)NC(C)(C)C)c2)cc1. The lowest BCUT2D eigenvalue weighted by atomic mass is 10.1. The van der Waals surface area contributed by atoms with Gasteiger partial charge in [0.15, 0.2) is 0 Å². The zero-order valence-corrected chi connectivity index (χ0v) is 18.1. The van der Waals surface area contributed by atoms with E-state index in [-0.39, 0.29) is 35.8 Å². The van der Waals surface area contributed by atoms with Crippen LogP contribution in [0, 0.1) is 0 Å². The summed E-state index contributed by atoms with van der Waals surface area (Å²) in [5.41, 5.74) is 2.00. The van der Waals surface area contributed by atoms with E-state index >= 15 is 0 Å². The summed E-state index contributed by atoms with van der Waals surface area (Å²) >= 11 is 0. The van der Waals surface area contributed by atoms with Crippen LogP contribution < -0.4 is 21.3 Å². The average Bonchev–Trinajstić information content (AvgIpc) is 2.65. The van der Waals surface area contributed by atoms with Crippen molar-refractivity contribution in [1.29, 1.82) is 0 Å². The molecule has 0 aliphatic carbocycles. The van der Waals surface area contributed by atoms with Gasteiger partial charge in [0, 0.05) is 34.1 Å². The number of rotatable bonds is 7. The van der Waals surface area contributed by atoms with Gasteiger partial charge in [0.1, 0.15) is 0 Å². The second-order valence-corrected chi connectivity index (χ2v) is 8.39. The number of hydrogen-bond donors (Lipinski definition) is 4. The van der Waals surface area contributed by atoms with Crippen molar-refractivity contribution >= 4 is 29.1 Å². The summed E-state index contributed by atoms with van der Waals surface area (Å²) in [6.07, 6.45) is 0. The highest BCUT2D eigenvalue weighted by Gasteiger charge is 2.15. The minimum absolute atomic E-state index is 0.0416. The molecular weight excluding hydrogens is 380 g/mol. The highest BCUT2D eigenvalue weighted by molar-refractivity contribution is 5.97. The predicted octanol–water partition coefficient (Wildman–Crippen LogP) is 3.40. The van der Waals surface area contributed by atoms with Crippen molar-refractivity contribution in [1.82, 2.24) is 10.6 Å². The number of nitrogens with one attached hydrogen (secondary N) is 4. The summed E-state index contributed by atoms with van der Waals surface area (Å²) in [5.74, 6) is -0.559. The maximum absolute atomic E-state index is 12.3. The van der Waals surface area contributed by atoms with Gasteiger partial charge in [-0.1, -0.05) is 6.07 Å². The zero-order valence-electron chi connectivity index (χ0n) is 18.1. The Morgan fingerprint density at radius 2 is 1.53 bits per heavy atom. The van der Waals surface area contributed by atoms with E-state index in [1.165, 1.54) is 0 Å². The third kappa shape index (κ3) is 7.58. The monoisotopic (exact) mass is 410 g/mol. The van der Waals surface area contributed by atoms with E-state index in [0.717, 1.165) is 0 Å². The molecule has 0 fully saturated rings.